The van der Waals surface area contributed by atoms with Crippen molar-refractivity contribution in [1.29, 1.82) is 0 Å². The third-order valence-electron chi connectivity index (χ3n) is 2.99. The number of unbranched alkanes of at least 4 members (excludes halogenated alkanes) is 1. The highest BCUT2D eigenvalue weighted by atomic mass is 16.2. The normalized spacial score (nSPS) is 11.1. The molecule has 0 aliphatic rings. The largest absolute Gasteiger partial charge is 0.326 e. The molecule has 0 atom stereocenters. The molecule has 21 heavy (non-hydrogen) atoms. The van der Waals surface area contributed by atoms with E-state index in [1.165, 1.54) is 0 Å². The van der Waals surface area contributed by atoms with Gasteiger partial charge in [-0.15, -0.1) is 0 Å². The van der Waals surface area contributed by atoms with Crippen LogP contribution in [0, 0.1) is 0 Å². The molecule has 0 bridgehead atoms. The molecule has 114 valence electrons. The molecule has 0 heterocycles. The van der Waals surface area contributed by atoms with Gasteiger partial charge in [-0.2, -0.15) is 5.10 Å². The highest BCUT2D eigenvalue weighted by Gasteiger charge is 2.05. The molecular weight excluding hydrogens is 266 g/mol. The number of hydrazone groups is 1. The molecule has 0 saturated heterocycles. The van der Waals surface area contributed by atoms with E-state index in [0.717, 1.165) is 25.0 Å². The van der Waals surface area contributed by atoms with E-state index < -0.39 is 0 Å². The molecule has 2 N–H and O–H groups in total. The Labute approximate surface area is 125 Å². The van der Waals surface area contributed by atoms with Crippen molar-refractivity contribution in [2.45, 2.75) is 46.5 Å². The molecule has 5 heteroatoms. The lowest BCUT2D eigenvalue weighted by atomic mass is 10.2. The summed E-state index contributed by atoms with van der Waals surface area (Å²) in [5.74, 6) is -0.303. The molecule has 0 unspecified atom stereocenters. The fourth-order valence-electron chi connectivity index (χ4n) is 1.65. The second kappa shape index (κ2) is 8.89. The summed E-state index contributed by atoms with van der Waals surface area (Å²) in [6.07, 6.45) is 3.48. The molecule has 0 aliphatic heterocycles. The predicted octanol–water partition coefficient (Wildman–Crippen LogP) is 3.33. The summed E-state index contributed by atoms with van der Waals surface area (Å²) in [4.78, 5) is 23.2. The summed E-state index contributed by atoms with van der Waals surface area (Å²) in [6, 6.07) is 6.74. The number of nitrogens with one attached hydrogen (secondary N) is 2. The molecular formula is C16H23N3O2. The Morgan fingerprint density at radius 3 is 2.38 bits per heavy atom. The van der Waals surface area contributed by atoms with E-state index in [4.69, 9.17) is 0 Å². The Morgan fingerprint density at radius 1 is 1.14 bits per heavy atom. The maximum Gasteiger partial charge on any atom is 0.271 e. The molecule has 1 rings (SSSR count). The van der Waals surface area contributed by atoms with Crippen LogP contribution in [0.3, 0.4) is 0 Å². The number of amides is 2. The van der Waals surface area contributed by atoms with Crippen LogP contribution in [0.15, 0.2) is 29.4 Å². The van der Waals surface area contributed by atoms with E-state index in [1.54, 1.807) is 31.2 Å². The van der Waals surface area contributed by atoms with Gasteiger partial charge in [-0.05, 0) is 44.0 Å². The van der Waals surface area contributed by atoms with Crippen LogP contribution in [0.2, 0.25) is 0 Å². The van der Waals surface area contributed by atoms with Gasteiger partial charge in [0, 0.05) is 23.4 Å². The maximum absolute atomic E-state index is 11.9. The number of rotatable bonds is 7. The van der Waals surface area contributed by atoms with Crippen LogP contribution in [0.5, 0.6) is 0 Å². The quantitative estimate of drug-likeness (QED) is 0.597. The zero-order valence-corrected chi connectivity index (χ0v) is 12.9. The van der Waals surface area contributed by atoms with Crippen molar-refractivity contribution in [2.75, 3.05) is 5.32 Å². The zero-order chi connectivity index (χ0) is 15.7. The van der Waals surface area contributed by atoms with Gasteiger partial charge in [0.05, 0.1) is 0 Å². The average molecular weight is 289 g/mol. The van der Waals surface area contributed by atoms with Crippen LogP contribution in [-0.2, 0) is 4.79 Å². The van der Waals surface area contributed by atoms with Gasteiger partial charge in [-0.1, -0.05) is 20.3 Å². The van der Waals surface area contributed by atoms with Crippen LogP contribution < -0.4 is 10.7 Å². The van der Waals surface area contributed by atoms with E-state index in [1.807, 2.05) is 6.92 Å². The third-order valence-corrected chi connectivity index (χ3v) is 2.99. The Balaban J connectivity index is 2.57. The van der Waals surface area contributed by atoms with E-state index >= 15 is 0 Å². The van der Waals surface area contributed by atoms with E-state index in [2.05, 4.69) is 22.8 Å². The first-order chi connectivity index (χ1) is 10.1. The summed E-state index contributed by atoms with van der Waals surface area (Å²) in [7, 11) is 0. The molecule has 0 fully saturated rings. The molecule has 0 aromatic heterocycles. The molecule has 1 aromatic carbocycles. The molecule has 0 spiro atoms. The number of anilines is 1. The van der Waals surface area contributed by atoms with Gasteiger partial charge in [0.1, 0.15) is 0 Å². The molecule has 1 aromatic rings. The molecule has 0 radical (unpaired) electrons. The number of benzene rings is 1. The summed E-state index contributed by atoms with van der Waals surface area (Å²) < 4.78 is 0. The molecule has 0 aliphatic carbocycles. The first kappa shape index (κ1) is 16.9. The van der Waals surface area contributed by atoms with E-state index in [-0.39, 0.29) is 11.8 Å². The van der Waals surface area contributed by atoms with Crippen LogP contribution in [0.1, 0.15) is 56.8 Å². The lowest BCUT2D eigenvalue weighted by molar-refractivity contribution is -0.115. The van der Waals surface area contributed by atoms with Crippen molar-refractivity contribution >= 4 is 23.2 Å². The van der Waals surface area contributed by atoms with Crippen molar-refractivity contribution < 1.29 is 9.59 Å². The molecule has 0 saturated carbocycles. The Kier molecular flexibility index (Phi) is 7.15. The predicted molar refractivity (Wildman–Crippen MR) is 85.5 cm³/mol. The SMILES string of the molecule is CCCC/C(C)=N/NC(=O)c1ccc(NC(=O)CC)cc1. The van der Waals surface area contributed by atoms with E-state index in [9.17, 15) is 9.59 Å². The van der Waals surface area contributed by atoms with Crippen molar-refractivity contribution in [3.05, 3.63) is 29.8 Å². The molecule has 5 nitrogen and oxygen atoms in total. The summed E-state index contributed by atoms with van der Waals surface area (Å²) in [5.41, 5.74) is 4.65. The van der Waals surface area contributed by atoms with Crippen molar-refractivity contribution in [1.82, 2.24) is 5.43 Å². The number of hydrogen-bond donors (Lipinski definition) is 2. The second-order valence-electron chi connectivity index (χ2n) is 4.87. The fourth-order valence-corrected chi connectivity index (χ4v) is 1.65. The van der Waals surface area contributed by atoms with Gasteiger partial charge >= 0.3 is 0 Å². The molecule has 2 amide bonds. The van der Waals surface area contributed by atoms with Gasteiger partial charge in [0.15, 0.2) is 0 Å². The van der Waals surface area contributed by atoms with Gasteiger partial charge in [0.2, 0.25) is 5.91 Å². The lowest BCUT2D eigenvalue weighted by Crippen LogP contribution is -2.19. The van der Waals surface area contributed by atoms with Crippen LogP contribution >= 0.6 is 0 Å². The first-order valence-electron chi connectivity index (χ1n) is 7.30. The number of carbonyl (C=O) groups is 2. The number of nitrogens with zero attached hydrogens (tertiary/aromatic N) is 1. The summed E-state index contributed by atoms with van der Waals surface area (Å²) >= 11 is 0. The Bertz CT molecular complexity index is 507. The number of carbonyl (C=O) groups excluding carboxylic acids is 2. The van der Waals surface area contributed by atoms with Crippen LogP contribution in [0.4, 0.5) is 5.69 Å². The van der Waals surface area contributed by atoms with Gasteiger partial charge in [-0.25, -0.2) is 5.43 Å². The number of hydrogen-bond acceptors (Lipinski definition) is 3. The highest BCUT2D eigenvalue weighted by molar-refractivity contribution is 5.96. The van der Waals surface area contributed by atoms with Crippen LogP contribution in [-0.4, -0.2) is 17.5 Å². The lowest BCUT2D eigenvalue weighted by Gasteiger charge is -2.05. The van der Waals surface area contributed by atoms with Crippen LogP contribution in [0.25, 0.3) is 0 Å². The minimum absolute atomic E-state index is 0.0525. The maximum atomic E-state index is 11.9. The van der Waals surface area contributed by atoms with Gasteiger partial charge < -0.3 is 5.32 Å². The van der Waals surface area contributed by atoms with Gasteiger partial charge in [0.25, 0.3) is 5.91 Å². The summed E-state index contributed by atoms with van der Waals surface area (Å²) in [5, 5.41) is 6.80. The van der Waals surface area contributed by atoms with Crippen molar-refractivity contribution in [3.63, 3.8) is 0 Å². The fraction of sp³-hybridized carbons (Fsp3) is 0.438. The Hall–Kier alpha value is -2.17. The smallest absolute Gasteiger partial charge is 0.271 e. The summed E-state index contributed by atoms with van der Waals surface area (Å²) in [6.45, 7) is 5.81. The van der Waals surface area contributed by atoms with Gasteiger partial charge in [-0.3, -0.25) is 9.59 Å². The minimum Gasteiger partial charge on any atom is -0.326 e. The topological polar surface area (TPSA) is 70.6 Å². The van der Waals surface area contributed by atoms with E-state index in [0.29, 0.717) is 17.7 Å². The minimum atomic E-state index is -0.251. The Morgan fingerprint density at radius 2 is 1.81 bits per heavy atom. The third kappa shape index (κ3) is 6.21. The zero-order valence-electron chi connectivity index (χ0n) is 12.9. The van der Waals surface area contributed by atoms with Crippen molar-refractivity contribution in [3.8, 4) is 0 Å². The van der Waals surface area contributed by atoms with Crippen molar-refractivity contribution in [2.24, 2.45) is 5.10 Å². The average Bonchev–Trinajstić information content (AvgIpc) is 2.51. The highest BCUT2D eigenvalue weighted by Crippen LogP contribution is 2.10. The first-order valence-corrected chi connectivity index (χ1v) is 7.30. The standard InChI is InChI=1S/C16H23N3O2/c1-4-6-7-12(3)18-19-16(21)13-8-10-14(11-9-13)17-15(20)5-2/h8-11H,4-7H2,1-3H3,(H,17,20)(H,19,21)/b18-12+. The second-order valence-corrected chi connectivity index (χ2v) is 4.87. The monoisotopic (exact) mass is 289 g/mol.